The Bertz CT molecular complexity index is 2220. The van der Waals surface area contributed by atoms with Crippen molar-refractivity contribution in [2.75, 3.05) is 4.90 Å². The summed E-state index contributed by atoms with van der Waals surface area (Å²) >= 11 is 0. The molecule has 0 unspecified atom stereocenters. The maximum Gasteiger partial charge on any atom is 0.0465 e. The zero-order valence-corrected chi connectivity index (χ0v) is 33.8. The number of fused-ring (bicyclic) bond motifs is 3. The van der Waals surface area contributed by atoms with Crippen LogP contribution in [0.15, 0.2) is 140 Å². The Balaban J connectivity index is 1.07. The van der Waals surface area contributed by atoms with Crippen molar-refractivity contribution in [2.45, 2.75) is 121 Å². The number of rotatable bonds is 11. The van der Waals surface area contributed by atoms with Crippen LogP contribution >= 0.6 is 0 Å². The van der Waals surface area contributed by atoms with Crippen LogP contribution in [0, 0.1) is 0 Å². The van der Waals surface area contributed by atoms with Crippen LogP contribution < -0.4 is 4.90 Å². The first-order valence-electron chi connectivity index (χ1n) is 22.1. The molecule has 0 aliphatic heterocycles. The van der Waals surface area contributed by atoms with Gasteiger partial charge in [0.1, 0.15) is 0 Å². The lowest BCUT2D eigenvalue weighted by molar-refractivity contribution is 0.436. The van der Waals surface area contributed by atoms with Gasteiger partial charge in [-0.15, -0.1) is 0 Å². The van der Waals surface area contributed by atoms with E-state index in [0.717, 1.165) is 5.92 Å². The van der Waals surface area contributed by atoms with Crippen molar-refractivity contribution in [3.05, 3.63) is 162 Å². The van der Waals surface area contributed by atoms with Crippen LogP contribution in [0.2, 0.25) is 0 Å². The van der Waals surface area contributed by atoms with Gasteiger partial charge in [0.15, 0.2) is 0 Å². The molecule has 0 atom stereocenters. The fourth-order valence-corrected chi connectivity index (χ4v) is 10.9. The van der Waals surface area contributed by atoms with Crippen LogP contribution in [0.5, 0.6) is 0 Å². The lowest BCUT2D eigenvalue weighted by atomic mass is 9.71. The molecule has 9 rings (SSSR count). The predicted octanol–water partition coefficient (Wildman–Crippen LogP) is 16.5. The van der Waals surface area contributed by atoms with Crippen molar-refractivity contribution < 1.29 is 0 Å². The first kappa shape index (κ1) is 36.7. The van der Waals surface area contributed by atoms with Gasteiger partial charge in [-0.3, -0.25) is 0 Å². The zero-order valence-electron chi connectivity index (χ0n) is 33.8. The molecular formula is C55H59N. The topological polar surface area (TPSA) is 3.24 Å². The molecule has 0 spiro atoms. The lowest BCUT2D eigenvalue weighted by Crippen LogP contribution is -2.25. The van der Waals surface area contributed by atoms with Gasteiger partial charge in [-0.1, -0.05) is 162 Å². The largest absolute Gasteiger partial charge is 0.310 e. The Morgan fingerprint density at radius 3 is 1.48 bits per heavy atom. The Kier molecular flexibility index (Phi) is 10.7. The lowest BCUT2D eigenvalue weighted by Gasteiger charge is -2.33. The minimum absolute atomic E-state index is 0.0486. The number of hydrogen-bond donors (Lipinski definition) is 0. The number of hydrogen-bond acceptors (Lipinski definition) is 1. The van der Waals surface area contributed by atoms with Gasteiger partial charge in [0, 0.05) is 22.5 Å². The van der Waals surface area contributed by atoms with E-state index in [2.05, 4.69) is 158 Å². The molecule has 0 aromatic heterocycles. The van der Waals surface area contributed by atoms with E-state index in [1.165, 1.54) is 163 Å². The zero-order chi connectivity index (χ0) is 37.9. The molecule has 0 bridgehead atoms. The van der Waals surface area contributed by atoms with Crippen molar-refractivity contribution in [1.82, 2.24) is 0 Å². The Labute approximate surface area is 336 Å². The Hall–Kier alpha value is -4.88. The molecule has 3 aliphatic carbocycles. The smallest absolute Gasteiger partial charge is 0.0465 e. The molecule has 6 aromatic rings. The summed E-state index contributed by atoms with van der Waals surface area (Å²) in [5.74, 6) is 1.43. The van der Waals surface area contributed by atoms with Crippen LogP contribution in [0.25, 0.3) is 33.4 Å². The van der Waals surface area contributed by atoms with E-state index in [0.29, 0.717) is 5.92 Å². The highest BCUT2D eigenvalue weighted by molar-refractivity contribution is 5.86. The minimum atomic E-state index is 0.0486. The summed E-state index contributed by atoms with van der Waals surface area (Å²) in [7, 11) is 0. The van der Waals surface area contributed by atoms with E-state index in [-0.39, 0.29) is 5.41 Å². The van der Waals surface area contributed by atoms with Crippen LogP contribution in [0.3, 0.4) is 0 Å². The van der Waals surface area contributed by atoms with E-state index in [1.807, 2.05) is 0 Å². The van der Waals surface area contributed by atoms with Gasteiger partial charge in [-0.2, -0.15) is 0 Å². The van der Waals surface area contributed by atoms with Gasteiger partial charge in [-0.25, -0.2) is 0 Å². The third-order valence-corrected chi connectivity index (χ3v) is 13.7. The van der Waals surface area contributed by atoms with Crippen LogP contribution in [-0.4, -0.2) is 0 Å². The summed E-state index contributed by atoms with van der Waals surface area (Å²) in [6.07, 6.45) is 18.2. The average Bonchev–Trinajstić information content (AvgIpc) is 3.53. The molecule has 0 heterocycles. The summed E-state index contributed by atoms with van der Waals surface area (Å²) in [5, 5.41) is 0. The second-order valence-corrected chi connectivity index (χ2v) is 17.2. The minimum Gasteiger partial charge on any atom is -0.310 e. The van der Waals surface area contributed by atoms with Crippen molar-refractivity contribution in [3.63, 3.8) is 0 Å². The third-order valence-electron chi connectivity index (χ3n) is 13.7. The molecule has 1 heteroatoms. The van der Waals surface area contributed by atoms with Crippen LogP contribution in [0.1, 0.15) is 138 Å². The molecule has 284 valence electrons. The van der Waals surface area contributed by atoms with Crippen molar-refractivity contribution in [1.29, 1.82) is 0 Å². The molecule has 0 N–H and O–H groups in total. The van der Waals surface area contributed by atoms with Gasteiger partial charge < -0.3 is 4.90 Å². The van der Waals surface area contributed by atoms with Gasteiger partial charge in [0.2, 0.25) is 0 Å². The molecule has 2 saturated carbocycles. The molecule has 1 nitrogen and oxygen atoms in total. The highest BCUT2D eigenvalue weighted by Crippen LogP contribution is 2.55. The Morgan fingerprint density at radius 1 is 0.429 bits per heavy atom. The number of benzene rings is 6. The van der Waals surface area contributed by atoms with Crippen LogP contribution in [-0.2, 0) is 5.41 Å². The molecule has 6 aromatic carbocycles. The molecular weight excluding hydrogens is 675 g/mol. The molecule has 3 aliphatic rings. The number of anilines is 3. The van der Waals surface area contributed by atoms with Crippen molar-refractivity contribution in [2.24, 2.45) is 0 Å². The second-order valence-electron chi connectivity index (χ2n) is 17.2. The van der Waals surface area contributed by atoms with E-state index in [1.54, 1.807) is 0 Å². The maximum atomic E-state index is 2.55. The van der Waals surface area contributed by atoms with Crippen molar-refractivity contribution >= 4 is 17.1 Å². The fourth-order valence-electron chi connectivity index (χ4n) is 10.9. The van der Waals surface area contributed by atoms with Gasteiger partial charge in [0.25, 0.3) is 0 Å². The molecule has 0 amide bonds. The summed E-state index contributed by atoms with van der Waals surface area (Å²) < 4.78 is 0. The quantitative estimate of drug-likeness (QED) is 0.128. The molecule has 2 fully saturated rings. The van der Waals surface area contributed by atoms with Crippen LogP contribution in [0.4, 0.5) is 17.1 Å². The molecule has 0 radical (unpaired) electrons. The van der Waals surface area contributed by atoms with Gasteiger partial charge in [-0.05, 0) is 148 Å². The summed E-state index contributed by atoms with van der Waals surface area (Å²) in [4.78, 5) is 2.50. The normalized spacial score (nSPS) is 16.7. The summed E-state index contributed by atoms with van der Waals surface area (Å²) in [5.41, 5.74) is 17.7. The summed E-state index contributed by atoms with van der Waals surface area (Å²) in [6, 6.07) is 54.0. The number of nitrogens with zero attached hydrogens (tertiary/aromatic N) is 1. The monoisotopic (exact) mass is 733 g/mol. The fraction of sp³-hybridized carbons (Fsp3) is 0.345. The average molecular weight is 734 g/mol. The van der Waals surface area contributed by atoms with E-state index in [4.69, 9.17) is 0 Å². The summed E-state index contributed by atoms with van der Waals surface area (Å²) in [6.45, 7) is 4.71. The van der Waals surface area contributed by atoms with Gasteiger partial charge >= 0.3 is 0 Å². The highest BCUT2D eigenvalue weighted by atomic mass is 15.1. The van der Waals surface area contributed by atoms with E-state index >= 15 is 0 Å². The standard InChI is InChI=1S/C55H59N/c1-3-36-55(37-4-2)53-21-12-11-20-51(53)52-35-34-50(39-54(52)55)56(48-30-26-43(27-31-48)41-16-9-6-10-17-41)49-32-28-45(29-33-49)47-19-13-18-46(38-47)44-24-22-42(23-25-44)40-14-7-5-8-15-40/h11-13,18-35,38-41H,3-10,14-17,36-37H2,1-2H3. The predicted molar refractivity (Wildman–Crippen MR) is 240 cm³/mol. The van der Waals surface area contributed by atoms with E-state index < -0.39 is 0 Å². The SMILES string of the molecule is CCCC1(CCC)c2ccccc2-c2ccc(N(c3ccc(-c4cccc(-c5ccc(C6CCCCC6)cc5)c4)cc3)c3ccc(C4CCCCC4)cc3)cc21. The maximum absolute atomic E-state index is 2.55. The van der Waals surface area contributed by atoms with Crippen molar-refractivity contribution in [3.8, 4) is 33.4 Å². The first-order chi connectivity index (χ1) is 27.6. The highest BCUT2D eigenvalue weighted by Gasteiger charge is 2.42. The first-order valence-corrected chi connectivity index (χ1v) is 22.1. The van der Waals surface area contributed by atoms with Gasteiger partial charge in [0.05, 0.1) is 0 Å². The second kappa shape index (κ2) is 16.3. The molecule has 56 heavy (non-hydrogen) atoms. The molecule has 0 saturated heterocycles. The van der Waals surface area contributed by atoms with E-state index in [9.17, 15) is 0 Å². The third kappa shape index (κ3) is 7.04. The Morgan fingerprint density at radius 2 is 0.911 bits per heavy atom.